The van der Waals surface area contributed by atoms with E-state index in [-0.39, 0.29) is 5.63 Å². The third kappa shape index (κ3) is 2.95. The smallest absolute Gasteiger partial charge is 0.336 e. The number of benzene rings is 1. The van der Waals surface area contributed by atoms with Gasteiger partial charge in [0, 0.05) is 22.9 Å². The fourth-order valence-electron chi connectivity index (χ4n) is 3.67. The fourth-order valence-corrected chi connectivity index (χ4v) is 3.67. The highest BCUT2D eigenvalue weighted by atomic mass is 16.4. The summed E-state index contributed by atoms with van der Waals surface area (Å²) < 4.78 is 5.46. The summed E-state index contributed by atoms with van der Waals surface area (Å²) in [7, 11) is 0. The molecule has 1 heterocycles. The van der Waals surface area contributed by atoms with E-state index in [1.54, 1.807) is 6.07 Å². The largest absolute Gasteiger partial charge is 0.422 e. The van der Waals surface area contributed by atoms with E-state index in [9.17, 15) is 4.79 Å². The summed E-state index contributed by atoms with van der Waals surface area (Å²) in [6.07, 6.45) is 5.32. The van der Waals surface area contributed by atoms with Gasteiger partial charge in [-0.2, -0.15) is 0 Å². The number of hydrogen-bond acceptors (Lipinski definition) is 2. The molecule has 1 saturated carbocycles. The van der Waals surface area contributed by atoms with Crippen molar-refractivity contribution in [3.63, 3.8) is 0 Å². The molecule has 1 aromatic heterocycles. The molecule has 3 heteroatoms. The van der Waals surface area contributed by atoms with Crippen molar-refractivity contribution in [2.75, 3.05) is 0 Å². The Morgan fingerprint density at radius 3 is 2.77 bits per heavy atom. The van der Waals surface area contributed by atoms with E-state index in [0.717, 1.165) is 40.1 Å². The van der Waals surface area contributed by atoms with Gasteiger partial charge in [0.05, 0.1) is 6.04 Å². The van der Waals surface area contributed by atoms with Crippen LogP contribution in [0.3, 0.4) is 0 Å². The molecule has 0 radical (unpaired) electrons. The normalized spacial score (nSPS) is 22.1. The predicted molar refractivity (Wildman–Crippen MR) is 89.0 cm³/mol. The second-order valence-electron chi connectivity index (χ2n) is 6.84. The molecule has 2 aromatic rings. The van der Waals surface area contributed by atoms with Crippen molar-refractivity contribution in [3.05, 3.63) is 45.3 Å². The second kappa shape index (κ2) is 6.25. The van der Waals surface area contributed by atoms with E-state index >= 15 is 0 Å². The Morgan fingerprint density at radius 1 is 1.23 bits per heavy atom. The van der Waals surface area contributed by atoms with Gasteiger partial charge in [-0.25, -0.2) is 4.79 Å². The van der Waals surface area contributed by atoms with Crippen molar-refractivity contribution in [2.45, 2.75) is 59.0 Å². The van der Waals surface area contributed by atoms with Crippen molar-refractivity contribution in [2.24, 2.45) is 5.92 Å². The summed E-state index contributed by atoms with van der Waals surface area (Å²) >= 11 is 0. The Bertz CT molecular complexity index is 732. The van der Waals surface area contributed by atoms with Gasteiger partial charge in [0.2, 0.25) is 0 Å². The van der Waals surface area contributed by atoms with E-state index in [0.29, 0.717) is 6.04 Å². The molecular formula is C19H26NO2+. The first-order valence-electron chi connectivity index (χ1n) is 8.42. The topological polar surface area (TPSA) is 46.8 Å². The highest BCUT2D eigenvalue weighted by Gasteiger charge is 2.24. The molecule has 2 N–H and O–H groups in total. The molecule has 0 saturated heterocycles. The van der Waals surface area contributed by atoms with Gasteiger partial charge >= 0.3 is 5.63 Å². The third-order valence-electron chi connectivity index (χ3n) is 5.34. The number of quaternary nitrogens is 1. The van der Waals surface area contributed by atoms with Crippen molar-refractivity contribution >= 4 is 11.0 Å². The van der Waals surface area contributed by atoms with Crippen LogP contribution in [0.1, 0.15) is 49.3 Å². The molecule has 118 valence electrons. The molecule has 0 aliphatic heterocycles. The molecule has 22 heavy (non-hydrogen) atoms. The van der Waals surface area contributed by atoms with E-state index in [4.69, 9.17) is 4.42 Å². The van der Waals surface area contributed by atoms with Gasteiger partial charge in [0.1, 0.15) is 12.1 Å². The van der Waals surface area contributed by atoms with Crippen LogP contribution < -0.4 is 10.9 Å². The molecule has 1 fully saturated rings. The number of hydrogen-bond donors (Lipinski definition) is 1. The van der Waals surface area contributed by atoms with Gasteiger partial charge in [0.15, 0.2) is 0 Å². The molecule has 3 nitrogen and oxygen atoms in total. The minimum absolute atomic E-state index is 0.235. The lowest BCUT2D eigenvalue weighted by atomic mass is 9.86. The molecule has 1 aromatic carbocycles. The van der Waals surface area contributed by atoms with Gasteiger partial charge in [-0.15, -0.1) is 0 Å². The monoisotopic (exact) mass is 300 g/mol. The first-order chi connectivity index (χ1) is 10.6. The van der Waals surface area contributed by atoms with Crippen LogP contribution in [0.15, 0.2) is 27.4 Å². The summed E-state index contributed by atoms with van der Waals surface area (Å²) in [4.78, 5) is 11.9. The van der Waals surface area contributed by atoms with Gasteiger partial charge in [-0.1, -0.05) is 25.5 Å². The zero-order valence-electron chi connectivity index (χ0n) is 13.8. The molecule has 3 rings (SSSR count). The number of fused-ring (bicyclic) bond motifs is 1. The molecule has 0 spiro atoms. The van der Waals surface area contributed by atoms with Crippen LogP contribution in [0.5, 0.6) is 0 Å². The lowest BCUT2D eigenvalue weighted by Crippen LogP contribution is -2.90. The Kier molecular flexibility index (Phi) is 4.34. The summed E-state index contributed by atoms with van der Waals surface area (Å²) in [6, 6.07) is 6.56. The van der Waals surface area contributed by atoms with Crippen LogP contribution in [0.2, 0.25) is 0 Å². The van der Waals surface area contributed by atoms with Crippen LogP contribution >= 0.6 is 0 Å². The van der Waals surface area contributed by atoms with Crippen molar-refractivity contribution in [1.29, 1.82) is 0 Å². The minimum atomic E-state index is -0.235. The molecule has 2 atom stereocenters. The van der Waals surface area contributed by atoms with Crippen LogP contribution in [0, 0.1) is 19.8 Å². The Balaban J connectivity index is 1.90. The molecule has 1 aliphatic carbocycles. The van der Waals surface area contributed by atoms with Crippen LogP contribution in [0.25, 0.3) is 11.0 Å². The standard InChI is InChI=1S/C19H25NO2/c1-12-8-9-16-15(10-18(21)22-19(16)14(12)3)11-20-17-7-5-4-6-13(17)2/h8-10,13,17,20H,4-7,11H2,1-3H3/p+1/t13-,17+/m1/s1. The Morgan fingerprint density at radius 2 is 2.00 bits per heavy atom. The SMILES string of the molecule is Cc1ccc2c(C[NH2+][C@H]3CCCC[C@H]3C)cc(=O)oc2c1C. The van der Waals surface area contributed by atoms with Gasteiger partial charge < -0.3 is 9.73 Å². The van der Waals surface area contributed by atoms with E-state index < -0.39 is 0 Å². The van der Waals surface area contributed by atoms with Crippen LogP contribution in [-0.2, 0) is 6.54 Å². The minimum Gasteiger partial charge on any atom is -0.422 e. The second-order valence-corrected chi connectivity index (χ2v) is 6.84. The third-order valence-corrected chi connectivity index (χ3v) is 5.34. The average molecular weight is 300 g/mol. The first-order valence-corrected chi connectivity index (χ1v) is 8.42. The average Bonchev–Trinajstić information content (AvgIpc) is 2.50. The van der Waals surface area contributed by atoms with Crippen molar-refractivity contribution in [3.8, 4) is 0 Å². The molecule has 0 bridgehead atoms. The lowest BCUT2D eigenvalue weighted by molar-refractivity contribution is -0.712. The predicted octanol–water partition coefficient (Wildman–Crippen LogP) is 3.05. The van der Waals surface area contributed by atoms with Gasteiger partial charge in [-0.05, 0) is 44.2 Å². The first kappa shape index (κ1) is 15.3. The number of nitrogens with two attached hydrogens (primary N) is 1. The summed E-state index contributed by atoms with van der Waals surface area (Å²) in [5, 5.41) is 3.51. The molecule has 0 amide bonds. The maximum absolute atomic E-state index is 11.9. The Hall–Kier alpha value is -1.61. The van der Waals surface area contributed by atoms with Gasteiger partial charge in [0.25, 0.3) is 0 Å². The highest BCUT2D eigenvalue weighted by Crippen LogP contribution is 2.24. The Labute approximate surface area is 131 Å². The fraction of sp³-hybridized carbons (Fsp3) is 0.526. The maximum Gasteiger partial charge on any atom is 0.336 e. The zero-order chi connectivity index (χ0) is 15.7. The van der Waals surface area contributed by atoms with E-state index in [1.807, 2.05) is 6.92 Å². The summed E-state index contributed by atoms with van der Waals surface area (Å²) in [5.41, 5.74) is 3.86. The summed E-state index contributed by atoms with van der Waals surface area (Å²) in [5.74, 6) is 0.768. The molecular weight excluding hydrogens is 274 g/mol. The summed E-state index contributed by atoms with van der Waals surface area (Å²) in [6.45, 7) is 7.29. The van der Waals surface area contributed by atoms with E-state index in [1.165, 1.54) is 25.7 Å². The van der Waals surface area contributed by atoms with E-state index in [2.05, 4.69) is 31.3 Å². The molecule has 0 unspecified atom stereocenters. The lowest BCUT2D eigenvalue weighted by Gasteiger charge is -2.26. The number of rotatable bonds is 3. The van der Waals surface area contributed by atoms with Crippen LogP contribution in [0.4, 0.5) is 0 Å². The van der Waals surface area contributed by atoms with Crippen molar-refractivity contribution < 1.29 is 9.73 Å². The molecule has 1 aliphatic rings. The van der Waals surface area contributed by atoms with Gasteiger partial charge in [-0.3, -0.25) is 0 Å². The number of aryl methyl sites for hydroxylation is 2. The maximum atomic E-state index is 11.9. The highest BCUT2D eigenvalue weighted by molar-refractivity contribution is 5.83. The quantitative estimate of drug-likeness (QED) is 0.886. The zero-order valence-corrected chi connectivity index (χ0v) is 13.8. The van der Waals surface area contributed by atoms with Crippen LogP contribution in [-0.4, -0.2) is 6.04 Å². The van der Waals surface area contributed by atoms with Crippen molar-refractivity contribution in [1.82, 2.24) is 0 Å².